The van der Waals surface area contributed by atoms with Gasteiger partial charge in [-0.25, -0.2) is 0 Å². The highest BCUT2D eigenvalue weighted by Crippen LogP contribution is 2.16. The third-order valence-corrected chi connectivity index (χ3v) is 2.82. The first-order valence-electron chi connectivity index (χ1n) is 6.09. The fraction of sp³-hybridized carbons (Fsp3) is 0.125. The van der Waals surface area contributed by atoms with E-state index in [4.69, 9.17) is 9.47 Å². The van der Waals surface area contributed by atoms with Gasteiger partial charge in [-0.1, -0.05) is 12.1 Å². The van der Waals surface area contributed by atoms with Gasteiger partial charge in [-0.2, -0.15) is 0 Å². The minimum atomic E-state index is -0.159. The molecule has 0 heterocycles. The first kappa shape index (κ1) is 13.8. The quantitative estimate of drug-likeness (QED) is 0.598. The Morgan fingerprint density at radius 1 is 1.10 bits per heavy atom. The molecule has 102 valence electrons. The zero-order valence-electron chi connectivity index (χ0n) is 11.0. The number of hydrogen-bond donors (Lipinski definition) is 0. The highest BCUT2D eigenvalue weighted by Gasteiger charge is 2.08. The number of Topliss-reactive ketones (excluding diaryl/α,β-unsaturated/α-hetero) is 1. The van der Waals surface area contributed by atoms with Crippen molar-refractivity contribution in [3.63, 3.8) is 0 Å². The average Bonchev–Trinajstić information content (AvgIpc) is 2.53. The zero-order chi connectivity index (χ0) is 14.4. The lowest BCUT2D eigenvalue weighted by atomic mass is 10.1. The van der Waals surface area contributed by atoms with E-state index in [1.165, 1.54) is 0 Å². The van der Waals surface area contributed by atoms with Crippen molar-refractivity contribution in [2.75, 3.05) is 13.7 Å². The van der Waals surface area contributed by atoms with Crippen LogP contribution < -0.4 is 9.47 Å². The summed E-state index contributed by atoms with van der Waals surface area (Å²) in [7, 11) is 1.57. The van der Waals surface area contributed by atoms with E-state index in [2.05, 4.69) is 0 Å². The summed E-state index contributed by atoms with van der Waals surface area (Å²) in [5.74, 6) is 0.937. The van der Waals surface area contributed by atoms with Gasteiger partial charge >= 0.3 is 0 Å². The molecule has 0 fully saturated rings. The largest absolute Gasteiger partial charge is 0.497 e. The fourth-order valence-corrected chi connectivity index (χ4v) is 1.71. The van der Waals surface area contributed by atoms with E-state index < -0.39 is 0 Å². The van der Waals surface area contributed by atoms with E-state index in [1.54, 1.807) is 55.6 Å². The Hall–Kier alpha value is -2.62. The molecular formula is C16H14O4. The summed E-state index contributed by atoms with van der Waals surface area (Å²) in [5, 5.41) is 0. The van der Waals surface area contributed by atoms with E-state index in [9.17, 15) is 9.59 Å². The molecule has 0 saturated heterocycles. The zero-order valence-corrected chi connectivity index (χ0v) is 11.0. The molecule has 0 aliphatic rings. The number of hydrogen-bond acceptors (Lipinski definition) is 4. The highest BCUT2D eigenvalue weighted by molar-refractivity contribution is 5.97. The van der Waals surface area contributed by atoms with E-state index in [0.717, 1.165) is 0 Å². The van der Waals surface area contributed by atoms with E-state index in [1.807, 2.05) is 0 Å². The molecule has 0 radical (unpaired) electrons. The van der Waals surface area contributed by atoms with Gasteiger partial charge in [0.2, 0.25) is 0 Å². The van der Waals surface area contributed by atoms with Crippen molar-refractivity contribution in [2.45, 2.75) is 0 Å². The molecule has 4 nitrogen and oxygen atoms in total. The van der Waals surface area contributed by atoms with Crippen LogP contribution in [0.4, 0.5) is 0 Å². The monoisotopic (exact) mass is 270 g/mol. The Kier molecular flexibility index (Phi) is 4.50. The van der Waals surface area contributed by atoms with Crippen molar-refractivity contribution in [3.8, 4) is 11.5 Å². The van der Waals surface area contributed by atoms with Crippen LogP contribution in [0.25, 0.3) is 0 Å². The summed E-state index contributed by atoms with van der Waals surface area (Å²) in [5.41, 5.74) is 0.962. The molecule has 2 aromatic rings. The number of carbonyl (C=O) groups excluding carboxylic acids is 2. The normalized spacial score (nSPS) is 9.85. The Morgan fingerprint density at radius 3 is 2.45 bits per heavy atom. The lowest BCUT2D eigenvalue weighted by molar-refractivity contribution is 0.0918. The molecule has 0 aliphatic carbocycles. The van der Waals surface area contributed by atoms with Crippen LogP contribution in [0, 0.1) is 0 Å². The van der Waals surface area contributed by atoms with Crippen molar-refractivity contribution >= 4 is 12.1 Å². The summed E-state index contributed by atoms with van der Waals surface area (Å²) in [6.45, 7) is -0.114. The van der Waals surface area contributed by atoms with Crippen LogP contribution in [-0.4, -0.2) is 25.8 Å². The second kappa shape index (κ2) is 6.52. The molecule has 0 atom stereocenters. The number of benzene rings is 2. The number of rotatable bonds is 6. The van der Waals surface area contributed by atoms with Gasteiger partial charge in [-0.3, -0.25) is 9.59 Å². The molecule has 0 aliphatic heterocycles. The van der Waals surface area contributed by atoms with Gasteiger partial charge in [0.25, 0.3) is 0 Å². The summed E-state index contributed by atoms with van der Waals surface area (Å²) in [6.07, 6.45) is 0.702. The standard InChI is InChI=1S/C16H14O4/c1-19-14-8-6-12(7-9-14)15(18)11-20-16-5-3-2-4-13(16)10-17/h2-10H,11H2,1H3. The number of para-hydroxylation sites is 1. The summed E-state index contributed by atoms with van der Waals surface area (Å²) < 4.78 is 10.4. The molecule has 0 N–H and O–H groups in total. The second-order valence-electron chi connectivity index (χ2n) is 4.10. The van der Waals surface area contributed by atoms with E-state index in [-0.39, 0.29) is 12.4 Å². The maximum atomic E-state index is 12.0. The van der Waals surface area contributed by atoms with E-state index >= 15 is 0 Å². The van der Waals surface area contributed by atoms with Crippen LogP contribution in [0.1, 0.15) is 20.7 Å². The maximum absolute atomic E-state index is 12.0. The van der Waals surface area contributed by atoms with Gasteiger partial charge in [0.15, 0.2) is 18.7 Å². The number of ketones is 1. The van der Waals surface area contributed by atoms with Crippen LogP contribution >= 0.6 is 0 Å². The lowest BCUT2D eigenvalue weighted by Crippen LogP contribution is -2.12. The predicted molar refractivity (Wildman–Crippen MR) is 74.6 cm³/mol. The van der Waals surface area contributed by atoms with Gasteiger partial charge in [0.05, 0.1) is 12.7 Å². The molecule has 20 heavy (non-hydrogen) atoms. The van der Waals surface area contributed by atoms with Crippen LogP contribution in [-0.2, 0) is 0 Å². The summed E-state index contributed by atoms with van der Waals surface area (Å²) in [4.78, 5) is 22.8. The molecule has 0 aromatic heterocycles. The fourth-order valence-electron chi connectivity index (χ4n) is 1.71. The van der Waals surface area contributed by atoms with Crippen LogP contribution in [0.5, 0.6) is 11.5 Å². The van der Waals surface area contributed by atoms with E-state index in [0.29, 0.717) is 28.9 Å². The Balaban J connectivity index is 2.02. The first-order valence-corrected chi connectivity index (χ1v) is 6.09. The third-order valence-electron chi connectivity index (χ3n) is 2.82. The summed E-state index contributed by atoms with van der Waals surface area (Å²) in [6, 6.07) is 13.6. The molecule has 2 rings (SSSR count). The summed E-state index contributed by atoms with van der Waals surface area (Å²) >= 11 is 0. The minimum absolute atomic E-state index is 0.114. The molecule has 0 unspecified atom stereocenters. The highest BCUT2D eigenvalue weighted by atomic mass is 16.5. The first-order chi connectivity index (χ1) is 9.74. The van der Waals surface area contributed by atoms with Crippen molar-refractivity contribution in [1.82, 2.24) is 0 Å². The Bertz CT molecular complexity index is 602. The third kappa shape index (κ3) is 3.23. The van der Waals surface area contributed by atoms with Gasteiger partial charge in [0, 0.05) is 5.56 Å². The minimum Gasteiger partial charge on any atom is -0.497 e. The second-order valence-corrected chi connectivity index (χ2v) is 4.10. The SMILES string of the molecule is COc1ccc(C(=O)COc2ccccc2C=O)cc1. The number of aldehydes is 1. The van der Waals surface area contributed by atoms with Crippen molar-refractivity contribution in [2.24, 2.45) is 0 Å². The molecule has 0 spiro atoms. The Labute approximate surface area is 116 Å². The van der Waals surface area contributed by atoms with Crippen molar-refractivity contribution in [1.29, 1.82) is 0 Å². The van der Waals surface area contributed by atoms with Crippen molar-refractivity contribution < 1.29 is 19.1 Å². The van der Waals surface area contributed by atoms with Crippen LogP contribution in [0.2, 0.25) is 0 Å². The Morgan fingerprint density at radius 2 is 1.80 bits per heavy atom. The van der Waals surface area contributed by atoms with Gasteiger partial charge in [-0.15, -0.1) is 0 Å². The molecule has 4 heteroatoms. The molecule has 2 aromatic carbocycles. The molecule has 0 saturated carbocycles. The van der Waals surface area contributed by atoms with Crippen LogP contribution in [0.3, 0.4) is 0 Å². The topological polar surface area (TPSA) is 52.6 Å². The number of methoxy groups -OCH3 is 1. The number of ether oxygens (including phenoxy) is 2. The van der Waals surface area contributed by atoms with Crippen LogP contribution in [0.15, 0.2) is 48.5 Å². The number of carbonyl (C=O) groups is 2. The maximum Gasteiger partial charge on any atom is 0.200 e. The average molecular weight is 270 g/mol. The van der Waals surface area contributed by atoms with Gasteiger partial charge in [-0.05, 0) is 36.4 Å². The van der Waals surface area contributed by atoms with Crippen molar-refractivity contribution in [3.05, 3.63) is 59.7 Å². The molecule has 0 bridgehead atoms. The van der Waals surface area contributed by atoms with Gasteiger partial charge < -0.3 is 9.47 Å². The molecule has 0 amide bonds. The predicted octanol–water partition coefficient (Wildman–Crippen LogP) is 2.77. The lowest BCUT2D eigenvalue weighted by Gasteiger charge is -2.07. The smallest absolute Gasteiger partial charge is 0.200 e. The molecular weight excluding hydrogens is 256 g/mol. The van der Waals surface area contributed by atoms with Gasteiger partial charge in [0.1, 0.15) is 11.5 Å².